The second-order valence-electron chi connectivity index (χ2n) is 3.67. The maximum absolute atomic E-state index is 10.6. The molecule has 0 aliphatic carbocycles. The number of carboxylic acid groups (broad SMARTS) is 1. The Balaban J connectivity index is 0. The molecule has 6 heteroatoms. The first-order chi connectivity index (χ1) is 7.86. The van der Waals surface area contributed by atoms with E-state index in [4.69, 9.17) is 9.90 Å². The Bertz CT molecular complexity index is 176. The lowest BCUT2D eigenvalue weighted by atomic mass is 10.1. The molecular weight excluding hydrogens is 235 g/mol. The van der Waals surface area contributed by atoms with Gasteiger partial charge >= 0.3 is 12.1 Å². The smallest absolute Gasteiger partial charge is 0.475 e. The van der Waals surface area contributed by atoms with Gasteiger partial charge in [-0.3, -0.25) is 0 Å². The van der Waals surface area contributed by atoms with Crippen LogP contribution in [-0.4, -0.2) is 30.8 Å². The molecule has 0 spiro atoms. The Morgan fingerprint density at radius 2 is 1.53 bits per heavy atom. The zero-order valence-corrected chi connectivity index (χ0v) is 10.4. The molecule has 0 aromatic rings. The van der Waals surface area contributed by atoms with Gasteiger partial charge in [-0.25, -0.2) is 4.79 Å². The normalized spacial score (nSPS) is 10.6. The molecule has 0 rings (SSSR count). The lowest BCUT2D eigenvalue weighted by Crippen LogP contribution is -2.21. The number of carbonyl (C=O) groups is 1. The fraction of sp³-hybridized carbons (Fsp3) is 0.909. The first kappa shape index (κ1) is 18.6. The number of hydrogen-bond donors (Lipinski definition) is 2. The monoisotopic (exact) mass is 257 g/mol. The minimum atomic E-state index is -5.08. The van der Waals surface area contributed by atoms with E-state index in [-0.39, 0.29) is 0 Å². The second kappa shape index (κ2) is 11.7. The summed E-state index contributed by atoms with van der Waals surface area (Å²) in [6.45, 7) is 3.44. The van der Waals surface area contributed by atoms with Crippen LogP contribution in [0.25, 0.3) is 0 Å². The van der Waals surface area contributed by atoms with E-state index in [0.29, 0.717) is 0 Å². The van der Waals surface area contributed by atoms with Crippen molar-refractivity contribution in [1.82, 2.24) is 5.32 Å². The van der Waals surface area contributed by atoms with Crippen LogP contribution < -0.4 is 5.32 Å². The molecule has 0 atom stereocenters. The topological polar surface area (TPSA) is 49.3 Å². The van der Waals surface area contributed by atoms with E-state index in [0.717, 1.165) is 0 Å². The van der Waals surface area contributed by atoms with Crippen LogP contribution in [0.15, 0.2) is 0 Å². The van der Waals surface area contributed by atoms with Crippen molar-refractivity contribution < 1.29 is 23.1 Å². The molecule has 17 heavy (non-hydrogen) atoms. The molecule has 3 nitrogen and oxygen atoms in total. The van der Waals surface area contributed by atoms with E-state index in [9.17, 15) is 13.2 Å². The fourth-order valence-electron chi connectivity index (χ4n) is 1.08. The Morgan fingerprint density at radius 3 is 1.88 bits per heavy atom. The van der Waals surface area contributed by atoms with Crippen LogP contribution in [0.4, 0.5) is 13.2 Å². The zero-order chi connectivity index (χ0) is 13.7. The lowest BCUT2D eigenvalue weighted by Gasteiger charge is -1.98. The van der Waals surface area contributed by atoms with Crippen molar-refractivity contribution >= 4 is 5.97 Å². The van der Waals surface area contributed by atoms with E-state index < -0.39 is 12.1 Å². The number of aliphatic carboxylic acids is 1. The summed E-state index contributed by atoms with van der Waals surface area (Å²) in [7, 11) is 2.02. The van der Waals surface area contributed by atoms with Gasteiger partial charge in [-0.15, -0.1) is 0 Å². The van der Waals surface area contributed by atoms with Crippen molar-refractivity contribution in [1.29, 1.82) is 0 Å². The molecule has 0 aliphatic heterocycles. The van der Waals surface area contributed by atoms with Gasteiger partial charge in [0.1, 0.15) is 0 Å². The van der Waals surface area contributed by atoms with Gasteiger partial charge in [0.2, 0.25) is 0 Å². The summed E-state index contributed by atoms with van der Waals surface area (Å²) in [4.78, 5) is 8.90. The molecule has 0 aliphatic rings. The number of unbranched alkanes of at least 4 members (excludes halogenated alkanes) is 5. The third kappa shape index (κ3) is 17.8. The summed E-state index contributed by atoms with van der Waals surface area (Å²) in [5, 5.41) is 10.3. The average molecular weight is 257 g/mol. The van der Waals surface area contributed by atoms with Crippen molar-refractivity contribution in [3.8, 4) is 0 Å². The first-order valence-corrected chi connectivity index (χ1v) is 5.81. The van der Waals surface area contributed by atoms with Gasteiger partial charge in [0.05, 0.1) is 0 Å². The summed E-state index contributed by atoms with van der Waals surface area (Å²) in [5.41, 5.74) is 0. The SMILES string of the molecule is CCCCCCCCNC.O=C(O)C(F)(F)F. The van der Waals surface area contributed by atoms with Gasteiger partial charge in [-0.1, -0.05) is 39.0 Å². The highest BCUT2D eigenvalue weighted by Crippen LogP contribution is 2.13. The lowest BCUT2D eigenvalue weighted by molar-refractivity contribution is -0.192. The van der Waals surface area contributed by atoms with E-state index in [1.807, 2.05) is 7.05 Å². The molecule has 0 saturated carbocycles. The van der Waals surface area contributed by atoms with E-state index in [1.54, 1.807) is 0 Å². The predicted molar refractivity (Wildman–Crippen MR) is 61.0 cm³/mol. The van der Waals surface area contributed by atoms with Crippen molar-refractivity contribution in [3.05, 3.63) is 0 Å². The number of rotatable bonds is 7. The Labute approximate surface area is 100 Å². The molecule has 0 aromatic heterocycles. The van der Waals surface area contributed by atoms with Crippen LogP contribution in [-0.2, 0) is 4.79 Å². The summed E-state index contributed by atoms with van der Waals surface area (Å²) in [6.07, 6.45) is 3.29. The van der Waals surface area contributed by atoms with E-state index in [1.165, 1.54) is 45.1 Å². The van der Waals surface area contributed by atoms with Crippen LogP contribution in [0, 0.1) is 0 Å². The third-order valence-corrected chi connectivity index (χ3v) is 2.02. The molecule has 0 saturated heterocycles. The molecule has 0 fully saturated rings. The highest BCUT2D eigenvalue weighted by atomic mass is 19.4. The second-order valence-corrected chi connectivity index (χ2v) is 3.67. The fourth-order valence-corrected chi connectivity index (χ4v) is 1.08. The van der Waals surface area contributed by atoms with Gasteiger partial charge in [-0.05, 0) is 20.0 Å². The van der Waals surface area contributed by atoms with Crippen molar-refractivity contribution in [2.45, 2.75) is 51.6 Å². The minimum Gasteiger partial charge on any atom is -0.475 e. The van der Waals surface area contributed by atoms with E-state index in [2.05, 4.69) is 12.2 Å². The summed E-state index contributed by atoms with van der Waals surface area (Å²) in [6, 6.07) is 0. The number of hydrogen-bond acceptors (Lipinski definition) is 2. The van der Waals surface area contributed by atoms with Gasteiger partial charge < -0.3 is 10.4 Å². The van der Waals surface area contributed by atoms with Gasteiger partial charge in [0.15, 0.2) is 0 Å². The Hall–Kier alpha value is -0.780. The number of nitrogens with one attached hydrogen (secondary N) is 1. The van der Waals surface area contributed by atoms with Crippen molar-refractivity contribution in [2.75, 3.05) is 13.6 Å². The van der Waals surface area contributed by atoms with Crippen molar-refractivity contribution in [2.24, 2.45) is 0 Å². The Morgan fingerprint density at radius 1 is 1.12 bits per heavy atom. The number of carboxylic acids is 1. The van der Waals surface area contributed by atoms with Crippen LogP contribution >= 0.6 is 0 Å². The molecular formula is C11H22F3NO2. The minimum absolute atomic E-state index is 1.19. The van der Waals surface area contributed by atoms with Gasteiger partial charge in [-0.2, -0.15) is 13.2 Å². The molecule has 0 unspecified atom stereocenters. The first-order valence-electron chi connectivity index (χ1n) is 5.81. The standard InChI is InChI=1S/C9H21N.C2HF3O2/c1-3-4-5-6-7-8-9-10-2;3-2(4,5)1(6)7/h10H,3-9H2,1-2H3;(H,6,7). The van der Waals surface area contributed by atoms with Gasteiger partial charge in [0, 0.05) is 0 Å². The molecule has 2 N–H and O–H groups in total. The molecule has 0 aromatic carbocycles. The molecule has 0 heterocycles. The summed E-state index contributed by atoms with van der Waals surface area (Å²) < 4.78 is 31.7. The quantitative estimate of drug-likeness (QED) is 0.688. The highest BCUT2D eigenvalue weighted by Gasteiger charge is 2.38. The number of alkyl halides is 3. The van der Waals surface area contributed by atoms with Crippen LogP contribution in [0.5, 0.6) is 0 Å². The molecule has 0 amide bonds. The average Bonchev–Trinajstić information content (AvgIpc) is 2.23. The van der Waals surface area contributed by atoms with Crippen LogP contribution in [0.1, 0.15) is 45.4 Å². The molecule has 104 valence electrons. The van der Waals surface area contributed by atoms with E-state index >= 15 is 0 Å². The molecule has 0 bridgehead atoms. The molecule has 0 radical (unpaired) electrons. The predicted octanol–water partition coefficient (Wildman–Crippen LogP) is 3.20. The largest absolute Gasteiger partial charge is 0.490 e. The van der Waals surface area contributed by atoms with Crippen LogP contribution in [0.3, 0.4) is 0 Å². The van der Waals surface area contributed by atoms with Crippen molar-refractivity contribution in [3.63, 3.8) is 0 Å². The maximum Gasteiger partial charge on any atom is 0.490 e. The third-order valence-electron chi connectivity index (χ3n) is 2.02. The van der Waals surface area contributed by atoms with Crippen LogP contribution in [0.2, 0.25) is 0 Å². The number of halogens is 3. The summed E-state index contributed by atoms with van der Waals surface area (Å²) >= 11 is 0. The highest BCUT2D eigenvalue weighted by molar-refractivity contribution is 5.73. The zero-order valence-electron chi connectivity index (χ0n) is 10.4. The summed E-state index contributed by atoms with van der Waals surface area (Å²) in [5.74, 6) is -2.76. The van der Waals surface area contributed by atoms with Gasteiger partial charge in [0.25, 0.3) is 0 Å². The Kier molecular flexibility index (Phi) is 12.8. The maximum atomic E-state index is 10.6.